The third-order valence-corrected chi connectivity index (χ3v) is 7.17. The van der Waals surface area contributed by atoms with Gasteiger partial charge in [0.05, 0.1) is 18.6 Å². The molecule has 7 heteroatoms. The first-order chi connectivity index (χ1) is 14.6. The van der Waals surface area contributed by atoms with Crippen molar-refractivity contribution >= 4 is 23.5 Å². The van der Waals surface area contributed by atoms with Gasteiger partial charge in [0.15, 0.2) is 6.61 Å². The fraction of sp³-hybridized carbons (Fsp3) is 0.625. The van der Waals surface area contributed by atoms with E-state index in [1.807, 2.05) is 19.1 Å². The number of nitrogens with one attached hydrogen (secondary N) is 1. The molecule has 4 aliphatic carbocycles. The van der Waals surface area contributed by atoms with E-state index < -0.39 is 17.5 Å². The molecule has 1 aromatic rings. The van der Waals surface area contributed by atoms with Crippen molar-refractivity contribution in [3.8, 4) is 0 Å². The first-order valence-electron chi connectivity index (χ1n) is 11.1. The topological polar surface area (TPSA) is 95.9 Å². The quantitative estimate of drug-likeness (QED) is 0.651. The van der Waals surface area contributed by atoms with E-state index in [1.54, 1.807) is 12.1 Å². The summed E-state index contributed by atoms with van der Waals surface area (Å²) in [6.45, 7) is 1.47. The van der Waals surface area contributed by atoms with Gasteiger partial charge in [-0.25, -0.2) is 0 Å². The van der Waals surface area contributed by atoms with Crippen LogP contribution in [0.4, 0.5) is 5.69 Å². The summed E-state index contributed by atoms with van der Waals surface area (Å²) in [5.41, 5.74) is 0.958. The number of aliphatic hydroxyl groups is 1. The molecule has 2 amide bonds. The molecule has 1 aromatic carbocycles. The summed E-state index contributed by atoms with van der Waals surface area (Å²) in [4.78, 5) is 38.2. The number of aryl methyl sites for hydroxylation is 1. The van der Waals surface area contributed by atoms with Gasteiger partial charge in [0.2, 0.25) is 5.91 Å². The van der Waals surface area contributed by atoms with E-state index in [0.29, 0.717) is 23.9 Å². The van der Waals surface area contributed by atoms with Gasteiger partial charge in [0.1, 0.15) is 0 Å². The maximum Gasteiger partial charge on any atom is 0.306 e. The Morgan fingerprint density at radius 1 is 1.13 bits per heavy atom. The summed E-state index contributed by atoms with van der Waals surface area (Å²) in [7, 11) is 1.51. The highest BCUT2D eigenvalue weighted by Crippen LogP contribution is 2.62. The summed E-state index contributed by atoms with van der Waals surface area (Å²) >= 11 is 0. The van der Waals surface area contributed by atoms with Crippen LogP contribution in [0.5, 0.6) is 0 Å². The van der Waals surface area contributed by atoms with E-state index in [9.17, 15) is 19.5 Å². The Kier molecular flexibility index (Phi) is 5.81. The molecule has 4 bridgehead atoms. The Labute approximate surface area is 183 Å². The fourth-order valence-corrected chi connectivity index (χ4v) is 6.36. The van der Waals surface area contributed by atoms with Crippen LogP contribution in [0.1, 0.15) is 50.5 Å². The van der Waals surface area contributed by atoms with Crippen LogP contribution in [0.2, 0.25) is 0 Å². The van der Waals surface area contributed by atoms with Crippen LogP contribution in [0.25, 0.3) is 0 Å². The third-order valence-electron chi connectivity index (χ3n) is 7.17. The van der Waals surface area contributed by atoms with Crippen molar-refractivity contribution in [1.29, 1.82) is 0 Å². The summed E-state index contributed by atoms with van der Waals surface area (Å²) in [6.07, 6.45) is 5.72. The highest BCUT2D eigenvalue weighted by atomic mass is 16.5. The number of nitrogens with zero attached hydrogens (tertiary/aromatic N) is 1. The Morgan fingerprint density at radius 2 is 1.77 bits per heavy atom. The molecule has 0 aromatic heterocycles. The van der Waals surface area contributed by atoms with Crippen LogP contribution in [0, 0.1) is 24.2 Å². The molecule has 5 rings (SSSR count). The predicted molar refractivity (Wildman–Crippen MR) is 115 cm³/mol. The van der Waals surface area contributed by atoms with E-state index in [1.165, 1.54) is 11.9 Å². The molecule has 0 saturated heterocycles. The molecule has 7 nitrogen and oxygen atoms in total. The zero-order valence-corrected chi connectivity index (χ0v) is 18.4. The highest BCUT2D eigenvalue weighted by Gasteiger charge is 2.57. The lowest BCUT2D eigenvalue weighted by molar-refractivity contribution is -0.178. The number of hydrogen-bond acceptors (Lipinski definition) is 5. The standard InChI is InChI=1S/C24H32N2O5/c1-16-3-5-19(6-4-16)25-20(27)13-26(2)21(28)14-31-22(29)12-23-8-17-7-18(9-23)11-24(30,10-17)15-23/h3-6,17-18,30H,7-15H2,1-2H3,(H,25,27)/t17-,18+,23?,24?. The fourth-order valence-electron chi connectivity index (χ4n) is 6.36. The van der Waals surface area contributed by atoms with Crippen molar-refractivity contribution in [3.63, 3.8) is 0 Å². The number of ether oxygens (including phenoxy) is 1. The molecule has 2 unspecified atom stereocenters. The van der Waals surface area contributed by atoms with Gasteiger partial charge in [-0.15, -0.1) is 0 Å². The molecule has 4 saturated carbocycles. The van der Waals surface area contributed by atoms with E-state index in [4.69, 9.17) is 4.74 Å². The van der Waals surface area contributed by atoms with Crippen molar-refractivity contribution in [1.82, 2.24) is 4.90 Å². The Bertz CT molecular complexity index is 851. The third kappa shape index (κ3) is 5.09. The second kappa shape index (κ2) is 8.26. The summed E-state index contributed by atoms with van der Waals surface area (Å²) in [5, 5.41) is 13.6. The second-order valence-corrected chi connectivity index (χ2v) is 10.2. The minimum absolute atomic E-state index is 0.120. The molecular formula is C24H32N2O5. The van der Waals surface area contributed by atoms with E-state index in [-0.39, 0.29) is 30.9 Å². The summed E-state index contributed by atoms with van der Waals surface area (Å²) in [5.74, 6) is -0.126. The first kappa shape index (κ1) is 21.8. The normalized spacial score (nSPS) is 30.7. The van der Waals surface area contributed by atoms with Crippen molar-refractivity contribution in [2.75, 3.05) is 25.5 Å². The van der Waals surface area contributed by atoms with Gasteiger partial charge >= 0.3 is 5.97 Å². The number of benzene rings is 1. The zero-order chi connectivity index (χ0) is 22.2. The lowest BCUT2D eigenvalue weighted by atomic mass is 9.47. The highest BCUT2D eigenvalue weighted by molar-refractivity contribution is 5.94. The number of esters is 1. The summed E-state index contributed by atoms with van der Waals surface area (Å²) < 4.78 is 5.27. The molecule has 2 N–H and O–H groups in total. The Hall–Kier alpha value is -2.41. The smallest absolute Gasteiger partial charge is 0.306 e. The van der Waals surface area contributed by atoms with Crippen LogP contribution < -0.4 is 5.32 Å². The maximum atomic E-state index is 12.5. The van der Waals surface area contributed by atoms with Crippen LogP contribution in [0.3, 0.4) is 0 Å². The van der Waals surface area contributed by atoms with Gasteiger partial charge in [-0.05, 0) is 74.8 Å². The van der Waals surface area contributed by atoms with Crippen LogP contribution in [-0.4, -0.2) is 53.6 Å². The average Bonchev–Trinajstić information content (AvgIpc) is 2.65. The van der Waals surface area contributed by atoms with E-state index in [0.717, 1.165) is 37.7 Å². The zero-order valence-electron chi connectivity index (χ0n) is 18.4. The maximum absolute atomic E-state index is 12.5. The largest absolute Gasteiger partial charge is 0.456 e. The average molecular weight is 429 g/mol. The molecule has 0 radical (unpaired) electrons. The number of rotatable bonds is 7. The lowest BCUT2D eigenvalue weighted by Crippen LogP contribution is -2.56. The number of likely N-dealkylation sites (N-methyl/N-ethyl adjacent to an activating group) is 1. The Balaban J connectivity index is 1.22. The molecule has 0 spiro atoms. The molecule has 0 heterocycles. The van der Waals surface area contributed by atoms with E-state index >= 15 is 0 Å². The van der Waals surface area contributed by atoms with Crippen LogP contribution >= 0.6 is 0 Å². The molecule has 0 aliphatic heterocycles. The van der Waals surface area contributed by atoms with E-state index in [2.05, 4.69) is 5.32 Å². The SMILES string of the molecule is Cc1ccc(NC(=O)CN(C)C(=O)COC(=O)CC23C[C@@H]4C[C@@H](CC(O)(C4)C2)C3)cc1. The van der Waals surface area contributed by atoms with Crippen molar-refractivity contribution in [2.45, 2.75) is 57.5 Å². The van der Waals surface area contributed by atoms with Gasteiger partial charge < -0.3 is 20.1 Å². The van der Waals surface area contributed by atoms with Crippen molar-refractivity contribution in [3.05, 3.63) is 29.8 Å². The molecule has 4 atom stereocenters. The van der Waals surface area contributed by atoms with Gasteiger partial charge in [0.25, 0.3) is 5.91 Å². The summed E-state index contributed by atoms with van der Waals surface area (Å²) in [6, 6.07) is 7.40. The molecule has 31 heavy (non-hydrogen) atoms. The minimum atomic E-state index is -0.620. The van der Waals surface area contributed by atoms with Crippen LogP contribution in [0.15, 0.2) is 24.3 Å². The van der Waals surface area contributed by atoms with Gasteiger partial charge in [-0.3, -0.25) is 14.4 Å². The first-order valence-corrected chi connectivity index (χ1v) is 11.1. The second-order valence-electron chi connectivity index (χ2n) is 10.2. The molecule has 4 fully saturated rings. The Morgan fingerprint density at radius 3 is 2.39 bits per heavy atom. The van der Waals surface area contributed by atoms with Crippen molar-refractivity contribution < 1.29 is 24.2 Å². The number of amides is 2. The lowest BCUT2D eigenvalue weighted by Gasteiger charge is -2.60. The van der Waals surface area contributed by atoms with Crippen LogP contribution in [-0.2, 0) is 19.1 Å². The van der Waals surface area contributed by atoms with Gasteiger partial charge in [-0.1, -0.05) is 17.7 Å². The minimum Gasteiger partial charge on any atom is -0.456 e. The van der Waals surface area contributed by atoms with Crippen molar-refractivity contribution in [2.24, 2.45) is 17.3 Å². The van der Waals surface area contributed by atoms with Gasteiger partial charge in [0, 0.05) is 12.7 Å². The number of hydrogen-bond donors (Lipinski definition) is 2. The number of carbonyl (C=O) groups excluding carboxylic acids is 3. The number of anilines is 1. The number of carbonyl (C=O) groups is 3. The predicted octanol–water partition coefficient (Wildman–Crippen LogP) is 2.66. The molecular weight excluding hydrogens is 396 g/mol. The monoisotopic (exact) mass is 428 g/mol. The van der Waals surface area contributed by atoms with Gasteiger partial charge in [-0.2, -0.15) is 0 Å². The molecule has 168 valence electrons. The molecule has 4 aliphatic rings.